The standard InChI is InChI=1S/C36H25N5OS/c1-36(2)30-18-25(17-28-31(22(19-37)20-38)26-15-9-10-16-27(26)32(28)42)43-33(30)29-21-39-35(40-34(29)36)41(23-11-5-3-6-12-23)24-13-7-4-8-14-24/h3-18,21,32,42H,1-2H3/b28-17-. The molecule has 1 unspecified atom stereocenters. The molecule has 0 fully saturated rings. The van der Waals surface area contributed by atoms with Crippen molar-refractivity contribution in [1.29, 1.82) is 10.5 Å². The van der Waals surface area contributed by atoms with E-state index in [1.54, 1.807) is 11.3 Å². The van der Waals surface area contributed by atoms with Crippen molar-refractivity contribution in [2.45, 2.75) is 25.4 Å². The summed E-state index contributed by atoms with van der Waals surface area (Å²) in [5, 5.41) is 30.7. The summed E-state index contributed by atoms with van der Waals surface area (Å²) in [7, 11) is 0. The van der Waals surface area contributed by atoms with Crippen LogP contribution in [-0.2, 0) is 5.41 Å². The molecule has 0 amide bonds. The van der Waals surface area contributed by atoms with Gasteiger partial charge in [-0.2, -0.15) is 10.5 Å². The molecule has 7 rings (SSSR count). The minimum Gasteiger partial charge on any atom is -0.384 e. The lowest BCUT2D eigenvalue weighted by Crippen LogP contribution is -2.20. The first kappa shape index (κ1) is 26.6. The van der Waals surface area contributed by atoms with E-state index in [-0.39, 0.29) is 5.57 Å². The highest BCUT2D eigenvalue weighted by Crippen LogP contribution is 2.53. The molecule has 2 aliphatic rings. The lowest BCUT2D eigenvalue weighted by Gasteiger charge is -2.25. The van der Waals surface area contributed by atoms with E-state index >= 15 is 0 Å². The molecule has 0 radical (unpaired) electrons. The lowest BCUT2D eigenvalue weighted by atomic mass is 9.86. The van der Waals surface area contributed by atoms with Gasteiger partial charge >= 0.3 is 0 Å². The predicted octanol–water partition coefficient (Wildman–Crippen LogP) is 8.25. The third-order valence-corrected chi connectivity index (χ3v) is 9.26. The predicted molar refractivity (Wildman–Crippen MR) is 170 cm³/mol. The smallest absolute Gasteiger partial charge is 0.234 e. The summed E-state index contributed by atoms with van der Waals surface area (Å²) >= 11 is 1.60. The van der Waals surface area contributed by atoms with E-state index in [1.807, 2.05) is 109 Å². The van der Waals surface area contributed by atoms with E-state index in [0.29, 0.717) is 22.7 Å². The van der Waals surface area contributed by atoms with Crippen LogP contribution in [0, 0.1) is 22.7 Å². The van der Waals surface area contributed by atoms with Crippen LogP contribution in [0.2, 0.25) is 0 Å². The number of aliphatic hydroxyl groups is 1. The van der Waals surface area contributed by atoms with Crippen molar-refractivity contribution in [2.24, 2.45) is 0 Å². The van der Waals surface area contributed by atoms with E-state index < -0.39 is 11.5 Å². The maximum Gasteiger partial charge on any atom is 0.234 e. The fourth-order valence-corrected chi connectivity index (χ4v) is 7.35. The Morgan fingerprint density at radius 3 is 2.19 bits per heavy atom. The Morgan fingerprint density at radius 2 is 1.53 bits per heavy atom. The second-order valence-electron chi connectivity index (χ2n) is 11.0. The van der Waals surface area contributed by atoms with Gasteiger partial charge in [0.25, 0.3) is 0 Å². The number of aliphatic hydroxyl groups excluding tert-OH is 1. The molecule has 43 heavy (non-hydrogen) atoms. The second kappa shape index (κ2) is 10.2. The van der Waals surface area contributed by atoms with Gasteiger partial charge in [0.1, 0.15) is 23.8 Å². The summed E-state index contributed by atoms with van der Waals surface area (Å²) in [6.07, 6.45) is 2.90. The number of nitriles is 2. The van der Waals surface area contributed by atoms with E-state index in [1.165, 1.54) is 0 Å². The van der Waals surface area contributed by atoms with Crippen LogP contribution in [0.4, 0.5) is 17.3 Å². The Morgan fingerprint density at radius 1 is 0.907 bits per heavy atom. The van der Waals surface area contributed by atoms with Gasteiger partial charge in [0, 0.05) is 43.9 Å². The van der Waals surface area contributed by atoms with Crippen molar-refractivity contribution in [3.05, 3.63) is 136 Å². The normalized spacial score (nSPS) is 16.6. The van der Waals surface area contributed by atoms with E-state index in [4.69, 9.17) is 9.97 Å². The topological polar surface area (TPSA) is 96.8 Å². The van der Waals surface area contributed by atoms with Crippen LogP contribution in [-0.4, -0.2) is 15.1 Å². The van der Waals surface area contributed by atoms with Gasteiger partial charge < -0.3 is 5.11 Å². The van der Waals surface area contributed by atoms with Gasteiger partial charge in [-0.3, -0.25) is 4.90 Å². The van der Waals surface area contributed by atoms with Crippen LogP contribution in [0.3, 0.4) is 0 Å². The molecule has 2 heterocycles. The number of anilines is 3. The zero-order valence-electron chi connectivity index (χ0n) is 23.5. The van der Waals surface area contributed by atoms with Gasteiger partial charge in [0.15, 0.2) is 0 Å². The van der Waals surface area contributed by atoms with Crippen molar-refractivity contribution in [3.63, 3.8) is 0 Å². The first-order chi connectivity index (χ1) is 20.9. The molecule has 5 aromatic rings. The molecule has 3 aromatic carbocycles. The highest BCUT2D eigenvalue weighted by Gasteiger charge is 2.40. The first-order valence-electron chi connectivity index (χ1n) is 13.9. The van der Waals surface area contributed by atoms with Crippen LogP contribution in [0.5, 0.6) is 0 Å². The SMILES string of the molecule is CC1(C)c2cc(/C=C3/C(=C(C#N)C#N)c4ccccc4C3O)sc2-c2cnc(N(c3ccccc3)c3ccccc3)nc21. The fraction of sp³-hybridized carbons (Fsp3) is 0.111. The number of allylic oxidation sites excluding steroid dienone is 1. The van der Waals surface area contributed by atoms with E-state index in [9.17, 15) is 15.6 Å². The molecule has 0 bridgehead atoms. The fourth-order valence-electron chi connectivity index (χ4n) is 6.07. The summed E-state index contributed by atoms with van der Waals surface area (Å²) in [5.41, 5.74) is 7.10. The van der Waals surface area contributed by atoms with Crippen LogP contribution >= 0.6 is 11.3 Å². The van der Waals surface area contributed by atoms with E-state index in [2.05, 4.69) is 24.8 Å². The van der Waals surface area contributed by atoms with Gasteiger partial charge in [-0.15, -0.1) is 11.3 Å². The van der Waals surface area contributed by atoms with Gasteiger partial charge in [-0.1, -0.05) is 74.5 Å². The second-order valence-corrected chi connectivity index (χ2v) is 12.1. The Kier molecular flexibility index (Phi) is 6.29. The number of thiophene rings is 1. The molecule has 0 spiro atoms. The van der Waals surface area contributed by atoms with Crippen molar-refractivity contribution in [1.82, 2.24) is 9.97 Å². The molecule has 6 nitrogen and oxygen atoms in total. The molecular weight excluding hydrogens is 550 g/mol. The number of hydrogen-bond donors (Lipinski definition) is 1. The van der Waals surface area contributed by atoms with Crippen molar-refractivity contribution >= 4 is 40.3 Å². The number of benzene rings is 3. The minimum absolute atomic E-state index is 0.00709. The highest BCUT2D eigenvalue weighted by atomic mass is 32.1. The van der Waals surface area contributed by atoms with Crippen molar-refractivity contribution in [3.8, 4) is 22.6 Å². The van der Waals surface area contributed by atoms with Crippen LogP contribution < -0.4 is 4.90 Å². The van der Waals surface area contributed by atoms with Crippen molar-refractivity contribution in [2.75, 3.05) is 4.90 Å². The maximum absolute atomic E-state index is 11.2. The summed E-state index contributed by atoms with van der Waals surface area (Å²) in [5.74, 6) is 0.601. The zero-order chi connectivity index (χ0) is 29.7. The molecule has 0 saturated heterocycles. The van der Waals surface area contributed by atoms with Gasteiger partial charge in [0.05, 0.1) is 5.69 Å². The first-order valence-corrected chi connectivity index (χ1v) is 14.7. The summed E-state index contributed by atoms with van der Waals surface area (Å²) < 4.78 is 0. The zero-order valence-corrected chi connectivity index (χ0v) is 24.3. The number of aromatic nitrogens is 2. The molecular formula is C36H25N5OS. The number of fused-ring (bicyclic) bond motifs is 4. The number of nitrogens with zero attached hydrogens (tertiary/aromatic N) is 5. The number of para-hydroxylation sites is 2. The largest absolute Gasteiger partial charge is 0.384 e. The Bertz CT molecular complexity index is 1990. The van der Waals surface area contributed by atoms with Crippen LogP contribution in [0.15, 0.2) is 108 Å². The highest BCUT2D eigenvalue weighted by molar-refractivity contribution is 7.16. The maximum atomic E-state index is 11.2. The molecule has 1 N–H and O–H groups in total. The average molecular weight is 576 g/mol. The summed E-state index contributed by atoms with van der Waals surface area (Å²) in [4.78, 5) is 14.1. The molecule has 0 saturated carbocycles. The minimum atomic E-state index is -0.923. The molecule has 0 aliphatic heterocycles. The van der Waals surface area contributed by atoms with Crippen LogP contribution in [0.1, 0.15) is 47.2 Å². The lowest BCUT2D eigenvalue weighted by molar-refractivity contribution is 0.226. The Hall–Kier alpha value is -5.34. The van der Waals surface area contributed by atoms with Gasteiger partial charge in [-0.05, 0) is 58.7 Å². The van der Waals surface area contributed by atoms with Gasteiger partial charge in [0.2, 0.25) is 5.95 Å². The molecule has 1 atom stereocenters. The van der Waals surface area contributed by atoms with Gasteiger partial charge in [-0.25, -0.2) is 9.97 Å². The number of rotatable bonds is 4. The summed E-state index contributed by atoms with van der Waals surface area (Å²) in [6, 6.07) is 33.8. The van der Waals surface area contributed by atoms with E-state index in [0.717, 1.165) is 43.5 Å². The average Bonchev–Trinajstić information content (AvgIpc) is 3.65. The Labute approximate surface area is 253 Å². The monoisotopic (exact) mass is 575 g/mol. The molecule has 2 aromatic heterocycles. The molecule has 7 heteroatoms. The quantitative estimate of drug-likeness (QED) is 0.217. The Balaban J connectivity index is 1.33. The third-order valence-electron chi connectivity index (χ3n) is 8.15. The van der Waals surface area contributed by atoms with Crippen LogP contribution in [0.25, 0.3) is 22.1 Å². The third kappa shape index (κ3) is 4.18. The summed E-state index contributed by atoms with van der Waals surface area (Å²) in [6.45, 7) is 4.34. The van der Waals surface area contributed by atoms with Crippen molar-refractivity contribution < 1.29 is 5.11 Å². The molecule has 2 aliphatic carbocycles. The number of hydrogen-bond acceptors (Lipinski definition) is 7. The molecule has 206 valence electrons.